The highest BCUT2D eigenvalue weighted by atomic mass is 32.2. The van der Waals surface area contributed by atoms with Gasteiger partial charge in [0.15, 0.2) is 5.75 Å². The molecular weight excluding hydrogens is 318 g/mol. The second-order valence-electron chi connectivity index (χ2n) is 6.16. The van der Waals surface area contributed by atoms with Gasteiger partial charge < -0.3 is 14.5 Å². The molecule has 2 aromatic rings. The first-order valence-corrected chi connectivity index (χ1v) is 9.44. The fourth-order valence-electron chi connectivity index (χ4n) is 3.09. The van der Waals surface area contributed by atoms with Crippen LogP contribution >= 0.6 is 11.8 Å². The molecule has 4 rings (SSSR count). The molecule has 124 valence electrons. The van der Waals surface area contributed by atoms with Crippen molar-refractivity contribution >= 4 is 23.3 Å². The molecule has 24 heavy (non-hydrogen) atoms. The van der Waals surface area contributed by atoms with Crippen molar-refractivity contribution in [3.05, 3.63) is 48.0 Å². The molecule has 0 spiro atoms. The van der Waals surface area contributed by atoms with Crippen molar-refractivity contribution in [3.63, 3.8) is 0 Å². The maximum Gasteiger partial charge on any atom is 0.153 e. The van der Waals surface area contributed by atoms with Crippen molar-refractivity contribution in [1.82, 2.24) is 9.80 Å². The Bertz CT molecular complexity index is 782. The highest BCUT2D eigenvalue weighted by Gasteiger charge is 2.25. The van der Waals surface area contributed by atoms with E-state index in [0.717, 1.165) is 54.8 Å². The summed E-state index contributed by atoms with van der Waals surface area (Å²) < 4.78 is 6.18. The molecule has 2 heterocycles. The van der Waals surface area contributed by atoms with Gasteiger partial charge in [-0.1, -0.05) is 12.1 Å². The molecule has 2 aromatic carbocycles. The molecule has 1 fully saturated rings. The predicted octanol–water partition coefficient (Wildman–Crippen LogP) is 3.84. The topological polar surface area (TPSA) is 28.1 Å². The maximum absolute atomic E-state index is 6.18. The van der Waals surface area contributed by atoms with E-state index in [1.807, 2.05) is 24.3 Å². The summed E-state index contributed by atoms with van der Waals surface area (Å²) in [4.78, 5) is 11.0. The van der Waals surface area contributed by atoms with Crippen LogP contribution in [0, 0.1) is 0 Å². The highest BCUT2D eigenvalue weighted by Crippen LogP contribution is 2.39. The lowest BCUT2D eigenvalue weighted by atomic mass is 10.1. The average Bonchev–Trinajstić information content (AvgIpc) is 2.78. The van der Waals surface area contributed by atoms with Gasteiger partial charge in [-0.2, -0.15) is 0 Å². The number of nitrogens with zero attached hydrogens (tertiary/aromatic N) is 3. The Balaban J connectivity index is 1.83. The van der Waals surface area contributed by atoms with Gasteiger partial charge in [-0.3, -0.25) is 0 Å². The number of amidine groups is 1. The quantitative estimate of drug-likeness (QED) is 0.738. The molecule has 2 aliphatic heterocycles. The monoisotopic (exact) mass is 339 g/mol. The predicted molar refractivity (Wildman–Crippen MR) is 100 cm³/mol. The lowest BCUT2D eigenvalue weighted by molar-refractivity contribution is 0.215. The van der Waals surface area contributed by atoms with Gasteiger partial charge in [-0.05, 0) is 43.6 Å². The molecule has 0 aliphatic carbocycles. The van der Waals surface area contributed by atoms with Crippen LogP contribution in [0.15, 0.2) is 52.4 Å². The van der Waals surface area contributed by atoms with Crippen molar-refractivity contribution in [2.24, 2.45) is 4.99 Å². The van der Waals surface area contributed by atoms with Crippen LogP contribution in [0.4, 0.5) is 5.69 Å². The van der Waals surface area contributed by atoms with Crippen LogP contribution in [0.5, 0.6) is 11.5 Å². The van der Waals surface area contributed by atoms with Crippen LogP contribution in [0.3, 0.4) is 0 Å². The summed E-state index contributed by atoms with van der Waals surface area (Å²) in [5.74, 6) is 2.73. The minimum absolute atomic E-state index is 0.819. The van der Waals surface area contributed by atoms with Crippen molar-refractivity contribution in [2.75, 3.05) is 39.5 Å². The zero-order chi connectivity index (χ0) is 16.5. The summed E-state index contributed by atoms with van der Waals surface area (Å²) in [6.07, 6.45) is 2.10. The first kappa shape index (κ1) is 15.5. The molecule has 0 bridgehead atoms. The number of hydrogen-bond acceptors (Lipinski definition) is 5. The second kappa shape index (κ2) is 6.49. The first-order chi connectivity index (χ1) is 11.7. The molecule has 5 heteroatoms. The van der Waals surface area contributed by atoms with Gasteiger partial charge in [0.05, 0.1) is 5.56 Å². The number of fused-ring (bicyclic) bond motifs is 2. The van der Waals surface area contributed by atoms with E-state index in [1.165, 1.54) is 4.90 Å². The van der Waals surface area contributed by atoms with Crippen molar-refractivity contribution in [3.8, 4) is 11.5 Å². The SMILES string of the molecule is CSc1ccc2c(c1)C(N1CCN(C)CC1)=Nc1ccccc1O2. The number of piperazine rings is 1. The number of rotatable bonds is 1. The number of para-hydroxylation sites is 2. The van der Waals surface area contributed by atoms with Crippen molar-refractivity contribution < 1.29 is 4.74 Å². The van der Waals surface area contributed by atoms with Crippen LogP contribution in [0.2, 0.25) is 0 Å². The van der Waals surface area contributed by atoms with E-state index >= 15 is 0 Å². The largest absolute Gasteiger partial charge is 0.454 e. The Labute approximate surface area is 147 Å². The minimum atomic E-state index is 0.819. The van der Waals surface area contributed by atoms with E-state index in [2.05, 4.69) is 41.3 Å². The standard InChI is InChI=1S/C19H21N3OS/c1-21-9-11-22(12-10-21)19-15-13-14(24-2)7-8-17(15)23-18-6-4-3-5-16(18)20-19/h3-8,13H,9-12H2,1-2H3. The second-order valence-corrected chi connectivity index (χ2v) is 7.04. The summed E-state index contributed by atoms with van der Waals surface area (Å²) in [5, 5.41) is 0. The van der Waals surface area contributed by atoms with Gasteiger partial charge in [0, 0.05) is 31.1 Å². The Kier molecular flexibility index (Phi) is 4.21. The van der Waals surface area contributed by atoms with E-state index in [4.69, 9.17) is 9.73 Å². The van der Waals surface area contributed by atoms with E-state index in [-0.39, 0.29) is 0 Å². The Morgan fingerprint density at radius 1 is 1.00 bits per heavy atom. The van der Waals surface area contributed by atoms with Crippen LogP contribution in [-0.2, 0) is 0 Å². The van der Waals surface area contributed by atoms with Gasteiger partial charge >= 0.3 is 0 Å². The minimum Gasteiger partial charge on any atom is -0.454 e. The number of hydrogen-bond donors (Lipinski definition) is 0. The number of thioether (sulfide) groups is 1. The third kappa shape index (κ3) is 2.89. The van der Waals surface area contributed by atoms with Crippen molar-refractivity contribution in [1.29, 1.82) is 0 Å². The lowest BCUT2D eigenvalue weighted by Crippen LogP contribution is -2.47. The first-order valence-electron chi connectivity index (χ1n) is 8.22. The number of aliphatic imine (C=N–C) groups is 1. The average molecular weight is 339 g/mol. The van der Waals surface area contributed by atoms with Gasteiger partial charge in [0.25, 0.3) is 0 Å². The van der Waals surface area contributed by atoms with E-state index in [1.54, 1.807) is 11.8 Å². The molecule has 0 atom stereocenters. The molecule has 4 nitrogen and oxygen atoms in total. The van der Waals surface area contributed by atoms with Crippen molar-refractivity contribution in [2.45, 2.75) is 4.90 Å². The van der Waals surface area contributed by atoms with Crippen LogP contribution in [0.25, 0.3) is 0 Å². The lowest BCUT2D eigenvalue weighted by Gasteiger charge is -2.34. The van der Waals surface area contributed by atoms with Gasteiger partial charge in [-0.25, -0.2) is 4.99 Å². The highest BCUT2D eigenvalue weighted by molar-refractivity contribution is 7.98. The third-order valence-corrected chi connectivity index (χ3v) is 5.27. The van der Waals surface area contributed by atoms with Crippen LogP contribution in [-0.4, -0.2) is 55.1 Å². The zero-order valence-electron chi connectivity index (χ0n) is 14.0. The maximum atomic E-state index is 6.18. The normalized spacial score (nSPS) is 17.4. The summed E-state index contributed by atoms with van der Waals surface area (Å²) in [6.45, 7) is 4.08. The van der Waals surface area contributed by atoms with Gasteiger partial charge in [0.1, 0.15) is 17.3 Å². The smallest absolute Gasteiger partial charge is 0.153 e. The van der Waals surface area contributed by atoms with Crippen LogP contribution < -0.4 is 4.74 Å². The number of benzene rings is 2. The molecule has 0 amide bonds. The Morgan fingerprint density at radius 2 is 1.79 bits per heavy atom. The fourth-order valence-corrected chi connectivity index (χ4v) is 3.53. The Hall–Kier alpha value is -1.98. The Morgan fingerprint density at radius 3 is 2.58 bits per heavy atom. The van der Waals surface area contributed by atoms with Crippen LogP contribution in [0.1, 0.15) is 5.56 Å². The summed E-state index contributed by atoms with van der Waals surface area (Å²) in [5.41, 5.74) is 1.98. The number of ether oxygens (including phenoxy) is 1. The fraction of sp³-hybridized carbons (Fsp3) is 0.316. The summed E-state index contributed by atoms with van der Waals surface area (Å²) in [6, 6.07) is 14.4. The van der Waals surface area contributed by atoms with Gasteiger partial charge in [-0.15, -0.1) is 11.8 Å². The molecular formula is C19H21N3OS. The third-order valence-electron chi connectivity index (χ3n) is 4.54. The van der Waals surface area contributed by atoms with E-state index in [0.29, 0.717) is 0 Å². The number of likely N-dealkylation sites (N-methyl/N-ethyl adjacent to an activating group) is 1. The zero-order valence-corrected chi connectivity index (χ0v) is 14.8. The summed E-state index contributed by atoms with van der Waals surface area (Å²) in [7, 11) is 2.17. The molecule has 1 saturated heterocycles. The molecule has 0 N–H and O–H groups in total. The molecule has 0 saturated carbocycles. The molecule has 2 aliphatic rings. The molecule has 0 aromatic heterocycles. The summed E-state index contributed by atoms with van der Waals surface area (Å²) >= 11 is 1.74. The van der Waals surface area contributed by atoms with E-state index < -0.39 is 0 Å². The molecule has 0 unspecified atom stereocenters. The van der Waals surface area contributed by atoms with Gasteiger partial charge in [0.2, 0.25) is 0 Å². The molecule has 0 radical (unpaired) electrons. The van der Waals surface area contributed by atoms with E-state index in [9.17, 15) is 0 Å².